The van der Waals surface area contributed by atoms with Crippen LogP contribution >= 0.6 is 35.1 Å². The molecule has 9 N–H and O–H groups in total. The number of aliphatic carboxylic acids is 6. The Morgan fingerprint density at radius 2 is 1.14 bits per heavy atom. The van der Waals surface area contributed by atoms with Gasteiger partial charge in [-0.2, -0.15) is 0 Å². The average molecular weight is 1300 g/mol. The van der Waals surface area contributed by atoms with E-state index in [1.54, 1.807) is 73.8 Å². The van der Waals surface area contributed by atoms with Crippen molar-refractivity contribution in [2.45, 2.75) is 32.3 Å². The van der Waals surface area contributed by atoms with Crippen molar-refractivity contribution in [2.75, 3.05) is 28.0 Å². The number of methoxy groups -OCH3 is 3. The number of nitro groups is 1. The van der Waals surface area contributed by atoms with Gasteiger partial charge in [-0.15, -0.1) is 0 Å². The van der Waals surface area contributed by atoms with E-state index < -0.39 is 66.1 Å². The lowest BCUT2D eigenvalue weighted by Crippen LogP contribution is -2.25. The molecule has 27 heteroatoms. The first-order valence-electron chi connectivity index (χ1n) is 24.4. The van der Waals surface area contributed by atoms with Gasteiger partial charge in [0.1, 0.15) is 12.4 Å². The lowest BCUT2D eigenvalue weighted by molar-refractivity contribution is -0.384. The van der Waals surface area contributed by atoms with Gasteiger partial charge in [-0.3, -0.25) is 29.1 Å². The number of hydrogen-bond acceptors (Lipinski definition) is 14. The van der Waals surface area contributed by atoms with Crippen molar-refractivity contribution in [2.24, 2.45) is 5.92 Å². The monoisotopic (exact) mass is 1300 g/mol. The van der Waals surface area contributed by atoms with Gasteiger partial charge in [-0.25, -0.2) is 19.2 Å². The van der Waals surface area contributed by atoms with Crippen molar-refractivity contribution in [1.29, 1.82) is 0 Å². The molecule has 0 bridgehead atoms. The smallest absolute Gasteiger partial charge is 0.335 e. The fourth-order valence-corrected chi connectivity index (χ4v) is 7.06. The van der Waals surface area contributed by atoms with E-state index in [0.29, 0.717) is 52.7 Å². The Labute approximate surface area is 505 Å². The number of hydrogen-bond donors (Lipinski definition) is 9. The van der Waals surface area contributed by atoms with E-state index in [2.05, 4.69) is 15.9 Å². The van der Waals surface area contributed by atoms with Gasteiger partial charge in [-0.1, -0.05) is 107 Å². The number of benzene rings is 6. The number of carboxylic acids is 7. The minimum atomic E-state index is -3.64. The Hall–Kier alpha value is -9.65. The quantitative estimate of drug-likeness (QED) is 0.0140. The number of non-ortho nitro benzene ring substituents is 1. The molecule has 0 aromatic heterocycles. The number of aryl methyl sites for hydroxylation is 1. The molecule has 86 heavy (non-hydrogen) atoms. The maximum Gasteiger partial charge on any atom is 0.335 e. The number of halogens is 2. The molecule has 6 aromatic carbocycles. The third kappa shape index (κ3) is 31.1. The molecule has 458 valence electrons. The minimum Gasteiger partial charge on any atom is -0.496 e. The summed E-state index contributed by atoms with van der Waals surface area (Å²) in [7, 11) is 0.949. The van der Waals surface area contributed by atoms with Gasteiger partial charge in [-0.05, 0) is 95.4 Å². The summed E-state index contributed by atoms with van der Waals surface area (Å²) in [4.78, 5) is 98.8. The zero-order valence-electron chi connectivity index (χ0n) is 46.3. The average Bonchev–Trinajstić information content (AvgIpc) is 3.57. The van der Waals surface area contributed by atoms with Crippen molar-refractivity contribution < 1.29 is 108 Å². The summed E-state index contributed by atoms with van der Waals surface area (Å²) in [6.07, 6.45) is 7.66. The van der Waals surface area contributed by atoms with Crippen LogP contribution in [0.15, 0.2) is 156 Å². The number of nitro benzene ring substituents is 1. The number of ether oxygens (including phenoxy) is 4. The van der Waals surface area contributed by atoms with Crippen LogP contribution in [0.1, 0.15) is 63.0 Å². The number of rotatable bonds is 21. The Balaban J connectivity index is 0.000000534. The van der Waals surface area contributed by atoms with Crippen molar-refractivity contribution in [3.05, 3.63) is 210 Å². The Morgan fingerprint density at radius 3 is 1.60 bits per heavy atom. The van der Waals surface area contributed by atoms with Crippen LogP contribution in [0, 0.1) is 16.0 Å². The molecule has 6 rings (SSSR count). The zero-order chi connectivity index (χ0) is 65.1. The fraction of sp³-hybridized carbons (Fsp3) is 0.169. The molecule has 0 aliphatic heterocycles. The van der Waals surface area contributed by atoms with Crippen LogP contribution in [0.3, 0.4) is 0 Å². The Kier molecular flexibility index (Phi) is 33.7. The first-order chi connectivity index (χ1) is 40.4. The van der Waals surface area contributed by atoms with Crippen LogP contribution in [0.5, 0.6) is 23.0 Å². The summed E-state index contributed by atoms with van der Waals surface area (Å²) in [5, 5.41) is 71.1. The van der Waals surface area contributed by atoms with Crippen LogP contribution < -0.4 is 18.9 Å². The molecule has 24 nitrogen and oxygen atoms in total. The summed E-state index contributed by atoms with van der Waals surface area (Å²) in [6, 6.07) is 36.9. The highest BCUT2D eigenvalue weighted by Crippen LogP contribution is 2.39. The second-order valence-corrected chi connectivity index (χ2v) is 20.0. The number of aromatic carboxylic acids is 1. The summed E-state index contributed by atoms with van der Waals surface area (Å²) in [5.41, 5.74) is 4.11. The fourth-order valence-electron chi connectivity index (χ4n) is 6.50. The number of carbonyl (C=O) groups is 7. The minimum absolute atomic E-state index is 0.0619. The molecule has 0 aliphatic carbocycles. The van der Waals surface area contributed by atoms with E-state index in [1.165, 1.54) is 69.7 Å². The largest absolute Gasteiger partial charge is 0.496 e. The van der Waals surface area contributed by atoms with Gasteiger partial charge in [0.2, 0.25) is 5.75 Å². The van der Waals surface area contributed by atoms with Crippen LogP contribution in [0.4, 0.5) is 5.69 Å². The first-order valence-corrected chi connectivity index (χ1v) is 27.6. The van der Waals surface area contributed by atoms with E-state index >= 15 is 0 Å². The van der Waals surface area contributed by atoms with Crippen LogP contribution in [-0.2, 0) is 46.4 Å². The van der Waals surface area contributed by atoms with E-state index in [-0.39, 0.29) is 22.7 Å². The molecule has 6 aromatic rings. The SMILES string of the molecule is CC(C(=O)O)C(C(=O)O)c1ccccc1.COc1cc(C=CC(=O)O)cc(OCc2ccccc2)c1OC.COc1ccc(Br)cc1C=CC(=O)O.CP(=O)(O)O.O=C(O)C=Cc1cc([N+](=O)[O-])ccc1Cl.O=C(O)CCc1ccc(C(=O)O)cc1. The lowest BCUT2D eigenvalue weighted by Gasteiger charge is -2.16. The highest BCUT2D eigenvalue weighted by Gasteiger charge is 2.31. The van der Waals surface area contributed by atoms with E-state index in [1.807, 2.05) is 36.4 Å². The molecule has 2 unspecified atom stereocenters. The molecule has 0 amide bonds. The topological polar surface area (TPSA) is 399 Å². The van der Waals surface area contributed by atoms with Crippen LogP contribution in [0.25, 0.3) is 18.2 Å². The molecule has 0 heterocycles. The summed E-state index contributed by atoms with van der Waals surface area (Å²) >= 11 is 9.01. The lowest BCUT2D eigenvalue weighted by atomic mass is 9.87. The first kappa shape index (κ1) is 74.4. The number of nitrogens with zero attached hydrogens (tertiary/aromatic N) is 1. The molecule has 0 radical (unpaired) electrons. The van der Waals surface area contributed by atoms with Crippen LogP contribution in [0.2, 0.25) is 5.02 Å². The van der Waals surface area contributed by atoms with Crippen molar-refractivity contribution in [1.82, 2.24) is 0 Å². The molecular formula is C59H60BrClNO23P. The van der Waals surface area contributed by atoms with Gasteiger partial charge >= 0.3 is 49.4 Å². The van der Waals surface area contributed by atoms with Crippen molar-refractivity contribution in [3.8, 4) is 23.0 Å². The standard InChI is InChI=1S/C18H18O5.C11H12O4.C10H9BrO3.C10H10O4.C9H6ClNO4.CH5O3P/c1-21-15-10-14(8-9-17(19)20)11-16(18(15)22-2)23-12-13-6-4-3-5-7-13;1-7(10(12)13)9(11(14)15)8-5-3-2-4-6-8;1-14-9-4-3-8(11)6-7(9)2-5-10(12)13;11-9(12)6-3-7-1-4-8(5-2-7)10(13)14;10-8-3-2-7(11(14)15)5-6(8)1-4-9(12)13;1-5(2,3)4/h3-11H,12H2,1-2H3,(H,19,20);2-7,9H,1H3,(H,12,13)(H,14,15);2-6H,1H3,(H,12,13);1-2,4-5H,3,6H2,(H,11,12)(H,13,14);1-5H,(H,12,13);1H3,(H2,2,3,4). The summed E-state index contributed by atoms with van der Waals surface area (Å²) in [6.45, 7) is 2.62. The predicted molar refractivity (Wildman–Crippen MR) is 320 cm³/mol. The molecule has 0 aliphatic rings. The number of carboxylic acid groups (broad SMARTS) is 7. The summed E-state index contributed by atoms with van der Waals surface area (Å²) < 4.78 is 31.7. The van der Waals surface area contributed by atoms with Crippen molar-refractivity contribution >= 4 is 101 Å². The van der Waals surface area contributed by atoms with E-state index in [0.717, 1.165) is 46.1 Å². The molecule has 0 saturated heterocycles. The van der Waals surface area contributed by atoms with Gasteiger partial charge in [0.25, 0.3) is 5.69 Å². The molecule has 0 spiro atoms. The van der Waals surface area contributed by atoms with Gasteiger partial charge in [0.15, 0.2) is 11.5 Å². The Bertz CT molecular complexity index is 3360. The van der Waals surface area contributed by atoms with Gasteiger partial charge < -0.3 is 64.5 Å². The highest BCUT2D eigenvalue weighted by molar-refractivity contribution is 9.10. The third-order valence-corrected chi connectivity index (χ3v) is 11.3. The molecule has 2 atom stereocenters. The third-order valence-electron chi connectivity index (χ3n) is 10.5. The maximum atomic E-state index is 11.0. The maximum absolute atomic E-state index is 11.0. The van der Waals surface area contributed by atoms with Gasteiger partial charge in [0.05, 0.1) is 43.7 Å². The zero-order valence-corrected chi connectivity index (χ0v) is 49.6. The highest BCUT2D eigenvalue weighted by atomic mass is 79.9. The van der Waals surface area contributed by atoms with Gasteiger partial charge in [0, 0.05) is 64.1 Å². The second-order valence-electron chi connectivity index (χ2n) is 17.0. The normalized spacial score (nSPS) is 11.1. The molecular weight excluding hydrogens is 1240 g/mol. The van der Waals surface area contributed by atoms with Crippen LogP contribution in [-0.4, -0.2) is 120 Å². The molecule has 0 fully saturated rings. The second kappa shape index (κ2) is 39.0. The van der Waals surface area contributed by atoms with E-state index in [9.17, 15) is 48.2 Å². The Morgan fingerprint density at radius 1 is 0.628 bits per heavy atom. The summed E-state index contributed by atoms with van der Waals surface area (Å²) in [5.74, 6) is -7.06. The predicted octanol–water partition coefficient (Wildman–Crippen LogP) is 11.1. The van der Waals surface area contributed by atoms with E-state index in [4.69, 9.17) is 76.1 Å². The molecule has 0 saturated carbocycles. The van der Waals surface area contributed by atoms with Crippen molar-refractivity contribution in [3.63, 3.8) is 0 Å².